The molecule has 0 atom stereocenters. The molecule has 0 bridgehead atoms. The van der Waals surface area contributed by atoms with Gasteiger partial charge in [-0.1, -0.05) is 24.3 Å². The number of phenolic OH excluding ortho intramolecular Hbond substituents is 1. The van der Waals surface area contributed by atoms with Crippen molar-refractivity contribution in [1.29, 1.82) is 0 Å². The molecule has 0 unspecified atom stereocenters. The second kappa shape index (κ2) is 9.16. The van der Waals surface area contributed by atoms with Gasteiger partial charge in [-0.15, -0.1) is 0 Å². The summed E-state index contributed by atoms with van der Waals surface area (Å²) in [6, 6.07) is 14.4. The van der Waals surface area contributed by atoms with E-state index < -0.39 is 23.6 Å². The zero-order valence-electron chi connectivity index (χ0n) is 19.8. The summed E-state index contributed by atoms with van der Waals surface area (Å²) in [4.78, 5) is 27.8. The quantitative estimate of drug-likeness (QED) is 0.220. The molecule has 3 aromatic carbocycles. The number of fused-ring (bicyclic) bond motifs is 1. The van der Waals surface area contributed by atoms with Gasteiger partial charge >= 0.3 is 6.18 Å². The van der Waals surface area contributed by atoms with Gasteiger partial charge in [0, 0.05) is 16.9 Å². The van der Waals surface area contributed by atoms with Gasteiger partial charge in [0.2, 0.25) is 5.91 Å². The highest BCUT2D eigenvalue weighted by Gasteiger charge is 2.39. The predicted molar refractivity (Wildman–Crippen MR) is 130 cm³/mol. The number of hydrogen-bond acceptors (Lipinski definition) is 4. The number of halogens is 3. The van der Waals surface area contributed by atoms with Crippen LogP contribution >= 0.6 is 0 Å². The molecule has 0 fully saturated rings. The SMILES string of the molecule is C/C(=C1/C(=O)N(c2cc(C)cc(C)c2)c2cc(C(F)(F)F)ccc21)N(N)C(=O)Cc1ccc(O)cc1. The third-order valence-corrected chi connectivity index (χ3v) is 6.00. The fourth-order valence-corrected chi connectivity index (χ4v) is 4.31. The maximum atomic E-state index is 13.7. The van der Waals surface area contributed by atoms with Crippen LogP contribution in [0.4, 0.5) is 24.5 Å². The molecule has 3 N–H and O–H groups in total. The minimum atomic E-state index is -4.60. The highest BCUT2D eigenvalue weighted by atomic mass is 19.4. The summed E-state index contributed by atoms with van der Waals surface area (Å²) in [6.07, 6.45) is -4.70. The number of benzene rings is 3. The standard InChI is InChI=1S/C27H24F3N3O3/c1-15-10-16(2)12-20(11-15)32-23-14-19(27(28,29)30)6-9-22(23)25(26(32)36)17(3)33(31)24(35)13-18-4-7-21(34)8-5-18/h4-12,14,34H,13,31H2,1-3H3/b25-17-. The van der Waals surface area contributed by atoms with Crippen LogP contribution in [0.25, 0.3) is 5.57 Å². The molecule has 9 heteroatoms. The highest BCUT2D eigenvalue weighted by molar-refractivity contribution is 6.35. The van der Waals surface area contributed by atoms with Crippen LogP contribution in [0.1, 0.15) is 34.7 Å². The van der Waals surface area contributed by atoms with Crippen molar-refractivity contribution in [1.82, 2.24) is 5.01 Å². The Morgan fingerprint density at radius 2 is 1.61 bits per heavy atom. The molecule has 1 heterocycles. The predicted octanol–water partition coefficient (Wildman–Crippen LogP) is 5.38. The van der Waals surface area contributed by atoms with Gasteiger partial charge in [0.15, 0.2) is 0 Å². The number of nitrogens with two attached hydrogens (primary N) is 1. The second-order valence-corrected chi connectivity index (χ2v) is 8.78. The van der Waals surface area contributed by atoms with E-state index in [0.717, 1.165) is 28.3 Å². The van der Waals surface area contributed by atoms with Crippen molar-refractivity contribution in [2.75, 3.05) is 4.90 Å². The van der Waals surface area contributed by atoms with Gasteiger partial charge in [-0.2, -0.15) is 13.2 Å². The van der Waals surface area contributed by atoms with Gasteiger partial charge < -0.3 is 5.11 Å². The van der Waals surface area contributed by atoms with E-state index in [2.05, 4.69) is 0 Å². The number of hydrazine groups is 1. The molecular weight excluding hydrogens is 471 g/mol. The van der Waals surface area contributed by atoms with E-state index >= 15 is 0 Å². The first-order valence-corrected chi connectivity index (χ1v) is 11.1. The van der Waals surface area contributed by atoms with Gasteiger partial charge in [-0.3, -0.25) is 19.5 Å². The van der Waals surface area contributed by atoms with E-state index in [1.165, 1.54) is 30.0 Å². The molecule has 1 aliphatic rings. The van der Waals surface area contributed by atoms with Crippen molar-refractivity contribution in [3.8, 4) is 5.75 Å². The molecular formula is C27H24F3N3O3. The summed E-state index contributed by atoms with van der Waals surface area (Å²) >= 11 is 0. The Kier molecular flexibility index (Phi) is 6.36. The topological polar surface area (TPSA) is 86.9 Å². The van der Waals surface area contributed by atoms with Gasteiger partial charge in [0.1, 0.15) is 5.75 Å². The lowest BCUT2D eigenvalue weighted by atomic mass is 10.0. The third-order valence-electron chi connectivity index (χ3n) is 6.00. The largest absolute Gasteiger partial charge is 0.508 e. The summed E-state index contributed by atoms with van der Waals surface area (Å²) in [6.45, 7) is 5.14. The normalized spacial score (nSPS) is 14.6. The zero-order valence-corrected chi connectivity index (χ0v) is 19.8. The summed E-state index contributed by atoms with van der Waals surface area (Å²) in [7, 11) is 0. The van der Waals surface area contributed by atoms with Crippen LogP contribution in [0.3, 0.4) is 0 Å². The van der Waals surface area contributed by atoms with Gasteiger partial charge in [0.25, 0.3) is 5.91 Å². The molecule has 4 rings (SSSR count). The molecule has 6 nitrogen and oxygen atoms in total. The number of nitrogens with zero attached hydrogens (tertiary/aromatic N) is 2. The molecule has 0 saturated carbocycles. The fraction of sp³-hybridized carbons (Fsp3) is 0.185. The first-order chi connectivity index (χ1) is 16.9. The third kappa shape index (κ3) is 4.70. The van der Waals surface area contributed by atoms with Crippen LogP contribution in [-0.2, 0) is 22.2 Å². The maximum Gasteiger partial charge on any atom is 0.416 e. The van der Waals surface area contributed by atoms with Crippen molar-refractivity contribution >= 4 is 28.8 Å². The number of allylic oxidation sites excluding steroid dienone is 1. The molecule has 0 radical (unpaired) electrons. The van der Waals surface area contributed by atoms with Crippen LogP contribution < -0.4 is 10.7 Å². The summed E-state index contributed by atoms with van der Waals surface area (Å²) in [5.41, 5.74) is 2.25. The van der Waals surface area contributed by atoms with E-state index in [-0.39, 0.29) is 34.7 Å². The highest BCUT2D eigenvalue weighted by Crippen LogP contribution is 2.45. The van der Waals surface area contributed by atoms with E-state index in [1.807, 2.05) is 19.9 Å². The van der Waals surface area contributed by atoms with Gasteiger partial charge in [-0.05, 0) is 73.9 Å². The van der Waals surface area contributed by atoms with E-state index in [4.69, 9.17) is 5.84 Å². The van der Waals surface area contributed by atoms with Crippen molar-refractivity contribution in [2.24, 2.45) is 5.84 Å². The molecule has 2 amide bonds. The van der Waals surface area contributed by atoms with E-state index in [9.17, 15) is 27.9 Å². The summed E-state index contributed by atoms with van der Waals surface area (Å²) < 4.78 is 40.6. The van der Waals surface area contributed by atoms with Crippen molar-refractivity contribution in [2.45, 2.75) is 33.4 Å². The Hall–Kier alpha value is -4.11. The van der Waals surface area contributed by atoms with Crippen LogP contribution in [-0.4, -0.2) is 21.9 Å². The smallest absolute Gasteiger partial charge is 0.416 e. The number of amides is 2. The van der Waals surface area contributed by atoms with Crippen molar-refractivity contribution < 1.29 is 27.9 Å². The van der Waals surface area contributed by atoms with Crippen molar-refractivity contribution in [3.63, 3.8) is 0 Å². The average Bonchev–Trinajstić information content (AvgIpc) is 3.09. The maximum absolute atomic E-state index is 13.7. The first kappa shape index (κ1) is 25.0. The molecule has 3 aromatic rings. The first-order valence-electron chi connectivity index (χ1n) is 11.1. The molecule has 186 valence electrons. The monoisotopic (exact) mass is 495 g/mol. The van der Waals surface area contributed by atoms with Crippen LogP contribution in [0.15, 0.2) is 66.4 Å². The average molecular weight is 496 g/mol. The van der Waals surface area contributed by atoms with Crippen molar-refractivity contribution in [3.05, 3.63) is 94.2 Å². The molecule has 0 spiro atoms. The number of carbonyl (C=O) groups excluding carboxylic acids is 2. The Balaban J connectivity index is 1.81. The Labute approximate surface area is 206 Å². The molecule has 36 heavy (non-hydrogen) atoms. The zero-order chi connectivity index (χ0) is 26.4. The Bertz CT molecular complexity index is 1380. The lowest BCUT2D eigenvalue weighted by Crippen LogP contribution is -2.38. The summed E-state index contributed by atoms with van der Waals surface area (Å²) in [5.74, 6) is 5.03. The number of hydrogen-bond donors (Lipinski definition) is 2. The minimum Gasteiger partial charge on any atom is -0.508 e. The second-order valence-electron chi connectivity index (χ2n) is 8.78. The number of aromatic hydroxyl groups is 1. The minimum absolute atomic E-state index is 0.0411. The number of phenols is 1. The van der Waals surface area contributed by atoms with E-state index in [1.54, 1.807) is 24.3 Å². The van der Waals surface area contributed by atoms with Gasteiger partial charge in [0.05, 0.1) is 23.2 Å². The fourth-order valence-electron chi connectivity index (χ4n) is 4.31. The van der Waals surface area contributed by atoms with Crippen LogP contribution in [0.2, 0.25) is 0 Å². The molecule has 0 aromatic heterocycles. The van der Waals surface area contributed by atoms with Gasteiger partial charge in [-0.25, -0.2) is 5.84 Å². The van der Waals surface area contributed by atoms with Crippen LogP contribution in [0.5, 0.6) is 5.75 Å². The van der Waals surface area contributed by atoms with E-state index in [0.29, 0.717) is 11.3 Å². The Morgan fingerprint density at radius 3 is 2.19 bits per heavy atom. The number of carbonyl (C=O) groups is 2. The molecule has 1 aliphatic heterocycles. The number of alkyl halides is 3. The summed E-state index contributed by atoms with van der Waals surface area (Å²) in [5, 5.41) is 10.3. The Morgan fingerprint density at radius 1 is 1.00 bits per heavy atom. The number of anilines is 2. The molecule has 0 saturated heterocycles. The number of aryl methyl sites for hydroxylation is 2. The van der Waals surface area contributed by atoms with Crippen LogP contribution in [0, 0.1) is 13.8 Å². The lowest BCUT2D eigenvalue weighted by molar-refractivity contribution is -0.137. The number of rotatable bonds is 4. The molecule has 0 aliphatic carbocycles. The lowest BCUT2D eigenvalue weighted by Gasteiger charge is -2.21.